The van der Waals surface area contributed by atoms with Gasteiger partial charge in [0.2, 0.25) is 0 Å². The summed E-state index contributed by atoms with van der Waals surface area (Å²) in [6.45, 7) is 2.31. The van der Waals surface area contributed by atoms with Gasteiger partial charge in [-0.1, -0.05) is 56.5 Å². The Balaban J connectivity index is 1.51. The molecule has 0 amide bonds. The van der Waals surface area contributed by atoms with Crippen LogP contribution in [0, 0.1) is 17.8 Å². The van der Waals surface area contributed by atoms with Crippen LogP contribution >= 0.6 is 0 Å². The molecule has 0 radical (unpaired) electrons. The van der Waals surface area contributed by atoms with Crippen molar-refractivity contribution >= 4 is 5.97 Å². The van der Waals surface area contributed by atoms with Crippen LogP contribution in [-0.4, -0.2) is 28.4 Å². The fourth-order valence-electron chi connectivity index (χ4n) is 5.53. The third-order valence-corrected chi connectivity index (χ3v) is 7.13. The quantitative estimate of drug-likeness (QED) is 0.698. The van der Waals surface area contributed by atoms with E-state index in [4.69, 9.17) is 9.84 Å². The van der Waals surface area contributed by atoms with Crippen LogP contribution in [0.5, 0.6) is 5.75 Å². The zero-order valence-electron chi connectivity index (χ0n) is 16.7. The molecule has 3 aliphatic rings. The highest BCUT2D eigenvalue weighted by Gasteiger charge is 2.48. The van der Waals surface area contributed by atoms with E-state index >= 15 is 0 Å². The van der Waals surface area contributed by atoms with Gasteiger partial charge in [0.05, 0.1) is 6.10 Å². The number of aryl methyl sites for hydroxylation is 1. The predicted molar refractivity (Wildman–Crippen MR) is 109 cm³/mol. The number of fused-ring (bicyclic) bond motifs is 3. The Bertz CT molecular complexity index is 734. The second-order valence-corrected chi connectivity index (χ2v) is 8.93. The van der Waals surface area contributed by atoms with Gasteiger partial charge in [0.15, 0.2) is 0 Å². The number of carboxylic acid groups (broad SMARTS) is 1. The molecular formula is C24H32O4. The zero-order chi connectivity index (χ0) is 19.7. The van der Waals surface area contributed by atoms with E-state index in [0.717, 1.165) is 22.8 Å². The number of aliphatic carboxylic acids is 1. The summed E-state index contributed by atoms with van der Waals surface area (Å²) in [5, 5.41) is 19.7. The second-order valence-electron chi connectivity index (χ2n) is 8.93. The summed E-state index contributed by atoms with van der Waals surface area (Å²) in [6.07, 6.45) is 12.2. The summed E-state index contributed by atoms with van der Waals surface area (Å²) < 4.78 is 6.23. The van der Waals surface area contributed by atoms with Gasteiger partial charge in [-0.2, -0.15) is 0 Å². The van der Waals surface area contributed by atoms with Crippen molar-refractivity contribution in [3.05, 3.63) is 41.5 Å². The van der Waals surface area contributed by atoms with Crippen molar-refractivity contribution in [1.82, 2.24) is 0 Å². The molecule has 2 N–H and O–H groups in total. The number of aliphatic hydroxyl groups excluding tert-OH is 1. The van der Waals surface area contributed by atoms with Crippen LogP contribution in [0.4, 0.5) is 0 Å². The van der Waals surface area contributed by atoms with Crippen molar-refractivity contribution in [1.29, 1.82) is 0 Å². The largest absolute Gasteiger partial charge is 0.489 e. The average Bonchev–Trinajstić information content (AvgIpc) is 3.20. The molecule has 1 aromatic rings. The number of allylic oxidation sites excluding steroid dienone is 1. The predicted octanol–water partition coefficient (Wildman–Crippen LogP) is 4.70. The van der Waals surface area contributed by atoms with Crippen molar-refractivity contribution in [2.75, 3.05) is 0 Å². The molecule has 5 atom stereocenters. The minimum absolute atomic E-state index is 0.00406. The minimum Gasteiger partial charge on any atom is -0.489 e. The van der Waals surface area contributed by atoms with Crippen LogP contribution in [0.15, 0.2) is 30.4 Å². The number of rotatable bonds is 6. The van der Waals surface area contributed by atoms with E-state index in [2.05, 4.69) is 25.1 Å². The van der Waals surface area contributed by atoms with Crippen LogP contribution < -0.4 is 4.74 Å². The Morgan fingerprint density at radius 1 is 1.29 bits per heavy atom. The first-order valence-corrected chi connectivity index (χ1v) is 10.9. The smallest absolute Gasteiger partial charge is 0.303 e. The molecule has 0 aromatic heterocycles. The molecule has 2 fully saturated rings. The van der Waals surface area contributed by atoms with Gasteiger partial charge in [0.1, 0.15) is 11.9 Å². The van der Waals surface area contributed by atoms with E-state index in [1.165, 1.54) is 32.1 Å². The van der Waals surface area contributed by atoms with E-state index in [-0.39, 0.29) is 30.5 Å². The number of benzene rings is 1. The molecule has 4 heteroatoms. The van der Waals surface area contributed by atoms with Crippen molar-refractivity contribution in [3.63, 3.8) is 0 Å². The highest BCUT2D eigenvalue weighted by Crippen LogP contribution is 2.52. The van der Waals surface area contributed by atoms with Gasteiger partial charge >= 0.3 is 5.97 Å². The molecule has 0 saturated heterocycles. The number of aliphatic hydroxyl groups is 1. The molecule has 2 aliphatic carbocycles. The molecule has 4 nitrogen and oxygen atoms in total. The first-order valence-electron chi connectivity index (χ1n) is 10.9. The first-order chi connectivity index (χ1) is 13.5. The lowest BCUT2D eigenvalue weighted by Crippen LogP contribution is -2.18. The van der Waals surface area contributed by atoms with E-state index in [0.29, 0.717) is 18.8 Å². The van der Waals surface area contributed by atoms with Gasteiger partial charge in [-0.05, 0) is 36.7 Å². The third kappa shape index (κ3) is 3.84. The Morgan fingerprint density at radius 3 is 2.82 bits per heavy atom. The van der Waals surface area contributed by atoms with Gasteiger partial charge in [0, 0.05) is 30.2 Å². The summed E-state index contributed by atoms with van der Waals surface area (Å²) in [4.78, 5) is 11.0. The number of carbonyl (C=O) groups is 1. The number of carboxylic acids is 1. The van der Waals surface area contributed by atoms with Gasteiger partial charge in [-0.25, -0.2) is 0 Å². The van der Waals surface area contributed by atoms with E-state index in [9.17, 15) is 9.90 Å². The Labute approximate surface area is 167 Å². The maximum Gasteiger partial charge on any atom is 0.303 e. The molecule has 2 unspecified atom stereocenters. The molecule has 1 aliphatic heterocycles. The lowest BCUT2D eigenvalue weighted by molar-refractivity contribution is -0.136. The van der Waals surface area contributed by atoms with Gasteiger partial charge in [-0.3, -0.25) is 4.79 Å². The van der Waals surface area contributed by atoms with Gasteiger partial charge < -0.3 is 14.9 Å². The number of para-hydroxylation sites is 1. The molecule has 28 heavy (non-hydrogen) atoms. The second kappa shape index (κ2) is 8.28. The molecule has 1 aromatic carbocycles. The van der Waals surface area contributed by atoms with Crippen LogP contribution in [0.1, 0.15) is 68.9 Å². The van der Waals surface area contributed by atoms with Gasteiger partial charge in [0.25, 0.3) is 0 Å². The number of hydrogen-bond donors (Lipinski definition) is 2. The number of hydrogen-bond acceptors (Lipinski definition) is 3. The molecule has 152 valence electrons. The van der Waals surface area contributed by atoms with Gasteiger partial charge in [-0.15, -0.1) is 0 Å². The van der Waals surface area contributed by atoms with Crippen LogP contribution in [0.25, 0.3) is 0 Å². The van der Waals surface area contributed by atoms with Crippen molar-refractivity contribution < 1.29 is 19.7 Å². The van der Waals surface area contributed by atoms with Crippen LogP contribution in [0.2, 0.25) is 0 Å². The lowest BCUT2D eigenvalue weighted by atomic mass is 9.79. The molecule has 0 spiro atoms. The van der Waals surface area contributed by atoms with E-state index in [1.807, 2.05) is 12.1 Å². The third-order valence-electron chi connectivity index (χ3n) is 7.13. The first kappa shape index (κ1) is 19.5. The summed E-state index contributed by atoms with van der Waals surface area (Å²) in [5.41, 5.74) is 2.12. The molecule has 2 saturated carbocycles. The summed E-state index contributed by atoms with van der Waals surface area (Å²) >= 11 is 0. The standard InChI is InChI=1S/C24H32O4/c1-15(16-6-3-2-4-7-16)10-12-18-20(25)14-21-23(18)19-9-5-8-17(24(19)28-21)11-13-22(26)27/h5,8-10,12,15-16,18,20-21,23,25H,2-4,6-7,11,13-14H2,1H3,(H,26,27)/b12-10+/t15-,18?,20-,21+,23?/m1/s1. The number of ether oxygens (including phenoxy) is 1. The van der Waals surface area contributed by atoms with Crippen LogP contribution in [0.3, 0.4) is 0 Å². The topological polar surface area (TPSA) is 66.8 Å². The summed E-state index contributed by atoms with van der Waals surface area (Å²) in [5.74, 6) is 1.65. The highest BCUT2D eigenvalue weighted by molar-refractivity contribution is 5.67. The van der Waals surface area contributed by atoms with E-state index < -0.39 is 5.97 Å². The summed E-state index contributed by atoms with van der Waals surface area (Å²) in [7, 11) is 0. The average molecular weight is 385 g/mol. The Morgan fingerprint density at radius 2 is 2.07 bits per heavy atom. The van der Waals surface area contributed by atoms with Crippen LogP contribution in [-0.2, 0) is 11.2 Å². The van der Waals surface area contributed by atoms with E-state index in [1.54, 1.807) is 0 Å². The summed E-state index contributed by atoms with van der Waals surface area (Å²) in [6, 6.07) is 6.06. The van der Waals surface area contributed by atoms with Crippen molar-refractivity contribution in [2.45, 2.75) is 76.4 Å². The maximum absolute atomic E-state index is 11.0. The molecular weight excluding hydrogens is 352 g/mol. The molecule has 0 bridgehead atoms. The highest BCUT2D eigenvalue weighted by atomic mass is 16.5. The maximum atomic E-state index is 11.0. The molecule has 4 rings (SSSR count). The fourth-order valence-corrected chi connectivity index (χ4v) is 5.53. The Kier molecular flexibility index (Phi) is 5.77. The molecule has 1 heterocycles. The Hall–Kier alpha value is -1.81. The fraction of sp³-hybridized carbons (Fsp3) is 0.625. The van der Waals surface area contributed by atoms with Crippen molar-refractivity contribution in [2.24, 2.45) is 17.8 Å². The zero-order valence-corrected chi connectivity index (χ0v) is 16.7. The lowest BCUT2D eigenvalue weighted by Gasteiger charge is -2.26. The van der Waals surface area contributed by atoms with Crippen molar-refractivity contribution in [3.8, 4) is 5.75 Å². The normalized spacial score (nSPS) is 30.8. The monoisotopic (exact) mass is 384 g/mol. The minimum atomic E-state index is -0.788. The SMILES string of the molecule is C[C@H](/C=C/C1C2c3cccc(CCC(=O)O)c3O[C@H]2C[C@H]1O)C1CCCCC1.